The molecule has 0 atom stereocenters. The standard InChI is InChI=1S/C14H16O2/c1-14(2)7-3-4-11-12(9-16)10(8-15)5-6-13(11)14/h5-6,8-9H,3-4,7H2,1-2H3. The molecule has 0 saturated heterocycles. The zero-order chi connectivity index (χ0) is 11.8. The molecule has 0 amide bonds. The molecule has 84 valence electrons. The smallest absolute Gasteiger partial charge is 0.151 e. The number of aldehydes is 2. The molecular weight excluding hydrogens is 200 g/mol. The number of hydrogen-bond donors (Lipinski definition) is 0. The summed E-state index contributed by atoms with van der Waals surface area (Å²) in [5.41, 5.74) is 3.54. The highest BCUT2D eigenvalue weighted by Crippen LogP contribution is 2.38. The molecule has 1 aromatic carbocycles. The second kappa shape index (κ2) is 3.85. The van der Waals surface area contributed by atoms with Gasteiger partial charge in [0.2, 0.25) is 0 Å². The van der Waals surface area contributed by atoms with E-state index in [1.165, 1.54) is 5.56 Å². The quantitative estimate of drug-likeness (QED) is 0.712. The second-order valence-electron chi connectivity index (χ2n) is 5.07. The van der Waals surface area contributed by atoms with Gasteiger partial charge < -0.3 is 0 Å². The molecule has 1 aromatic rings. The molecule has 0 spiro atoms. The van der Waals surface area contributed by atoms with Gasteiger partial charge in [-0.3, -0.25) is 9.59 Å². The van der Waals surface area contributed by atoms with Crippen LogP contribution in [0.4, 0.5) is 0 Å². The third-order valence-electron chi connectivity index (χ3n) is 3.59. The topological polar surface area (TPSA) is 34.1 Å². The van der Waals surface area contributed by atoms with Crippen LogP contribution in [0, 0.1) is 0 Å². The predicted molar refractivity (Wildman–Crippen MR) is 63.2 cm³/mol. The van der Waals surface area contributed by atoms with Gasteiger partial charge in [0, 0.05) is 11.1 Å². The average molecular weight is 216 g/mol. The first kappa shape index (κ1) is 11.1. The summed E-state index contributed by atoms with van der Waals surface area (Å²) in [4.78, 5) is 22.0. The minimum absolute atomic E-state index is 0.118. The molecule has 1 aliphatic carbocycles. The number of fused-ring (bicyclic) bond motifs is 1. The summed E-state index contributed by atoms with van der Waals surface area (Å²) < 4.78 is 0. The van der Waals surface area contributed by atoms with Gasteiger partial charge in [0.05, 0.1) is 0 Å². The van der Waals surface area contributed by atoms with E-state index in [1.807, 2.05) is 6.07 Å². The van der Waals surface area contributed by atoms with Crippen LogP contribution in [-0.2, 0) is 11.8 Å². The predicted octanol–water partition coefficient (Wildman–Crippen LogP) is 2.93. The molecule has 0 heterocycles. The summed E-state index contributed by atoms with van der Waals surface area (Å²) >= 11 is 0. The van der Waals surface area contributed by atoms with Crippen LogP contribution < -0.4 is 0 Å². The molecule has 0 aromatic heterocycles. The van der Waals surface area contributed by atoms with Crippen molar-refractivity contribution in [3.8, 4) is 0 Å². The lowest BCUT2D eigenvalue weighted by Gasteiger charge is -2.33. The summed E-state index contributed by atoms with van der Waals surface area (Å²) in [6.07, 6.45) is 4.73. The molecule has 0 radical (unpaired) electrons. The lowest BCUT2D eigenvalue weighted by atomic mass is 9.71. The van der Waals surface area contributed by atoms with E-state index in [0.717, 1.165) is 37.4 Å². The lowest BCUT2D eigenvalue weighted by molar-refractivity contribution is 0.109. The fourth-order valence-corrected chi connectivity index (χ4v) is 2.67. The molecule has 0 fully saturated rings. The molecule has 2 heteroatoms. The van der Waals surface area contributed by atoms with Crippen LogP contribution in [-0.4, -0.2) is 12.6 Å². The largest absolute Gasteiger partial charge is 0.298 e. The third-order valence-corrected chi connectivity index (χ3v) is 3.59. The van der Waals surface area contributed by atoms with Crippen molar-refractivity contribution in [1.82, 2.24) is 0 Å². The zero-order valence-electron chi connectivity index (χ0n) is 9.75. The number of hydrogen-bond acceptors (Lipinski definition) is 2. The van der Waals surface area contributed by atoms with Crippen LogP contribution >= 0.6 is 0 Å². The van der Waals surface area contributed by atoms with E-state index in [-0.39, 0.29) is 5.41 Å². The Morgan fingerprint density at radius 3 is 2.56 bits per heavy atom. The maximum absolute atomic E-state index is 11.1. The van der Waals surface area contributed by atoms with Crippen LogP contribution in [0.2, 0.25) is 0 Å². The van der Waals surface area contributed by atoms with E-state index in [9.17, 15) is 9.59 Å². The van der Waals surface area contributed by atoms with Crippen molar-refractivity contribution in [3.63, 3.8) is 0 Å². The van der Waals surface area contributed by atoms with Crippen molar-refractivity contribution in [3.05, 3.63) is 34.4 Å². The Morgan fingerprint density at radius 1 is 1.19 bits per heavy atom. The number of benzene rings is 1. The van der Waals surface area contributed by atoms with Crippen molar-refractivity contribution in [2.24, 2.45) is 0 Å². The van der Waals surface area contributed by atoms with E-state index in [2.05, 4.69) is 13.8 Å². The SMILES string of the molecule is CC1(C)CCCc2c1ccc(C=O)c2C=O. The van der Waals surface area contributed by atoms with Gasteiger partial charge in [0.25, 0.3) is 0 Å². The van der Waals surface area contributed by atoms with Gasteiger partial charge in [-0.2, -0.15) is 0 Å². The highest BCUT2D eigenvalue weighted by molar-refractivity contribution is 5.92. The molecule has 0 aliphatic heterocycles. The minimum Gasteiger partial charge on any atom is -0.298 e. The Balaban J connectivity index is 2.69. The maximum Gasteiger partial charge on any atom is 0.151 e. The van der Waals surface area contributed by atoms with Crippen LogP contribution in [0.1, 0.15) is 58.5 Å². The maximum atomic E-state index is 11.1. The Hall–Kier alpha value is -1.44. The van der Waals surface area contributed by atoms with E-state index in [0.29, 0.717) is 11.1 Å². The van der Waals surface area contributed by atoms with E-state index >= 15 is 0 Å². The molecule has 16 heavy (non-hydrogen) atoms. The summed E-state index contributed by atoms with van der Waals surface area (Å²) in [5, 5.41) is 0. The highest BCUT2D eigenvalue weighted by Gasteiger charge is 2.29. The number of rotatable bonds is 2. The van der Waals surface area contributed by atoms with Crippen molar-refractivity contribution in [2.45, 2.75) is 38.5 Å². The third kappa shape index (κ3) is 1.58. The van der Waals surface area contributed by atoms with E-state index < -0.39 is 0 Å². The Morgan fingerprint density at radius 2 is 1.94 bits per heavy atom. The number of carbonyl (C=O) groups is 2. The average Bonchev–Trinajstić information content (AvgIpc) is 2.27. The van der Waals surface area contributed by atoms with Crippen LogP contribution in [0.25, 0.3) is 0 Å². The zero-order valence-corrected chi connectivity index (χ0v) is 9.75. The Labute approximate surface area is 95.7 Å². The molecular formula is C14H16O2. The normalized spacial score (nSPS) is 17.6. The first-order valence-electron chi connectivity index (χ1n) is 5.67. The summed E-state index contributed by atoms with van der Waals surface area (Å²) in [7, 11) is 0. The van der Waals surface area contributed by atoms with Crippen LogP contribution in [0.15, 0.2) is 12.1 Å². The summed E-state index contributed by atoms with van der Waals surface area (Å²) in [6.45, 7) is 4.39. The lowest BCUT2D eigenvalue weighted by Crippen LogP contribution is -2.25. The van der Waals surface area contributed by atoms with Gasteiger partial charge in [0.15, 0.2) is 12.6 Å². The van der Waals surface area contributed by atoms with Gasteiger partial charge >= 0.3 is 0 Å². The van der Waals surface area contributed by atoms with Crippen LogP contribution in [0.5, 0.6) is 0 Å². The molecule has 0 unspecified atom stereocenters. The summed E-state index contributed by atoms with van der Waals surface area (Å²) in [6, 6.07) is 3.77. The van der Waals surface area contributed by atoms with Crippen molar-refractivity contribution < 1.29 is 9.59 Å². The van der Waals surface area contributed by atoms with Gasteiger partial charge in [0.1, 0.15) is 0 Å². The van der Waals surface area contributed by atoms with E-state index in [1.54, 1.807) is 6.07 Å². The van der Waals surface area contributed by atoms with Crippen LogP contribution in [0.3, 0.4) is 0 Å². The fourth-order valence-electron chi connectivity index (χ4n) is 2.67. The molecule has 0 bridgehead atoms. The van der Waals surface area contributed by atoms with Gasteiger partial charge in [-0.15, -0.1) is 0 Å². The Bertz CT molecular complexity index is 444. The van der Waals surface area contributed by atoms with Crippen molar-refractivity contribution >= 4 is 12.6 Å². The fraction of sp³-hybridized carbons (Fsp3) is 0.429. The van der Waals surface area contributed by atoms with Gasteiger partial charge in [-0.05, 0) is 35.8 Å². The van der Waals surface area contributed by atoms with Gasteiger partial charge in [-0.25, -0.2) is 0 Å². The van der Waals surface area contributed by atoms with Crippen molar-refractivity contribution in [2.75, 3.05) is 0 Å². The molecule has 2 rings (SSSR count). The molecule has 0 saturated carbocycles. The van der Waals surface area contributed by atoms with Crippen molar-refractivity contribution in [1.29, 1.82) is 0 Å². The van der Waals surface area contributed by atoms with Gasteiger partial charge in [-0.1, -0.05) is 26.0 Å². The Kier molecular flexibility index (Phi) is 2.66. The first-order chi connectivity index (χ1) is 7.60. The summed E-state index contributed by atoms with van der Waals surface area (Å²) in [5.74, 6) is 0. The number of carbonyl (C=O) groups excluding carboxylic acids is 2. The first-order valence-corrected chi connectivity index (χ1v) is 5.67. The minimum atomic E-state index is 0.118. The molecule has 1 aliphatic rings. The molecule has 0 N–H and O–H groups in total. The highest BCUT2D eigenvalue weighted by atomic mass is 16.1. The van der Waals surface area contributed by atoms with E-state index in [4.69, 9.17) is 0 Å². The second-order valence-corrected chi connectivity index (χ2v) is 5.07. The molecule has 2 nitrogen and oxygen atoms in total. The monoisotopic (exact) mass is 216 g/mol.